The Hall–Kier alpha value is -0.715. The summed E-state index contributed by atoms with van der Waals surface area (Å²) in [6.07, 6.45) is 0.467. The van der Waals surface area contributed by atoms with Crippen LogP contribution in [-0.2, 0) is 0 Å². The molecular formula is C14H12BBrO2S2. The van der Waals surface area contributed by atoms with Gasteiger partial charge in [-0.1, -0.05) is 0 Å². The number of rotatable bonds is 5. The van der Waals surface area contributed by atoms with Crippen molar-refractivity contribution in [1.29, 1.82) is 0 Å². The Bertz CT molecular complexity index is 576. The largest absolute Gasteiger partial charge is 0.293 e. The molecule has 0 aliphatic carbocycles. The van der Waals surface area contributed by atoms with Gasteiger partial charge in [0.05, 0.1) is 13.5 Å². The molecule has 2 nitrogen and oxygen atoms in total. The molecule has 2 aromatic heterocycles. The Kier molecular flexibility index (Phi) is 4.99. The first-order valence-corrected chi connectivity index (χ1v) is 8.49. The number of Topliss-reactive ketones (excluding diaryl/α,β-unsaturated/α-hetero) is 2. The average molecular weight is 367 g/mol. The molecule has 2 radical (unpaired) electrons. The molecule has 2 rings (SSSR count). The lowest BCUT2D eigenvalue weighted by Crippen LogP contribution is -2.02. The molecular weight excluding hydrogens is 355 g/mol. The molecule has 2 aromatic rings. The van der Waals surface area contributed by atoms with E-state index in [1.807, 2.05) is 19.9 Å². The first kappa shape index (κ1) is 15.7. The SMILES string of the molecule is [B]c1sc(C(=O)CCC(=O)c2cc(C)c(Br)s2)cc1C. The molecule has 0 aliphatic heterocycles. The van der Waals surface area contributed by atoms with Crippen LogP contribution >= 0.6 is 38.6 Å². The minimum atomic E-state index is -0.0181. The summed E-state index contributed by atoms with van der Waals surface area (Å²) in [7, 11) is 5.74. The van der Waals surface area contributed by atoms with Crippen LogP contribution in [0, 0.1) is 13.8 Å². The van der Waals surface area contributed by atoms with E-state index >= 15 is 0 Å². The van der Waals surface area contributed by atoms with E-state index in [0.717, 1.165) is 14.9 Å². The van der Waals surface area contributed by atoms with E-state index in [1.165, 1.54) is 22.7 Å². The monoisotopic (exact) mass is 366 g/mol. The third-order valence-corrected chi connectivity index (χ3v) is 6.23. The summed E-state index contributed by atoms with van der Waals surface area (Å²) in [6, 6.07) is 3.65. The molecule has 0 saturated carbocycles. The second kappa shape index (κ2) is 6.37. The zero-order valence-corrected chi connectivity index (χ0v) is 14.4. The van der Waals surface area contributed by atoms with Crippen LogP contribution in [-0.4, -0.2) is 19.4 Å². The Morgan fingerprint density at radius 3 is 1.95 bits per heavy atom. The van der Waals surface area contributed by atoms with E-state index in [9.17, 15) is 9.59 Å². The molecule has 2 heterocycles. The Balaban J connectivity index is 1.98. The zero-order chi connectivity index (χ0) is 14.9. The number of ketones is 2. The molecule has 6 heteroatoms. The summed E-state index contributed by atoms with van der Waals surface area (Å²) in [5.74, 6) is -0.00565. The summed E-state index contributed by atoms with van der Waals surface area (Å²) < 4.78 is 1.63. The summed E-state index contributed by atoms with van der Waals surface area (Å²) in [5, 5.41) is 0. The number of aryl methyl sites for hydroxylation is 2. The standard InChI is InChI=1S/C14H12BBrO2S2/c1-7-5-11(19-13(7)15)9(17)3-4-10(18)12-6-8(2)14(16)20-12/h5-6H,3-4H2,1-2H3. The third-order valence-electron chi connectivity index (χ3n) is 2.94. The lowest BCUT2D eigenvalue weighted by molar-refractivity contribution is 0.0921. The third kappa shape index (κ3) is 3.48. The van der Waals surface area contributed by atoms with Gasteiger partial charge in [0, 0.05) is 12.8 Å². The van der Waals surface area contributed by atoms with Crippen molar-refractivity contribution in [3.05, 3.63) is 36.8 Å². The maximum absolute atomic E-state index is 12.0. The molecule has 102 valence electrons. The first-order chi connectivity index (χ1) is 9.38. The molecule has 0 unspecified atom stereocenters. The minimum Gasteiger partial charge on any atom is -0.293 e. The van der Waals surface area contributed by atoms with E-state index in [4.69, 9.17) is 7.85 Å². The maximum atomic E-state index is 12.0. The topological polar surface area (TPSA) is 34.1 Å². The van der Waals surface area contributed by atoms with E-state index in [-0.39, 0.29) is 24.4 Å². The molecule has 20 heavy (non-hydrogen) atoms. The number of carbonyl (C=O) groups excluding carboxylic acids is 2. The van der Waals surface area contributed by atoms with E-state index in [0.29, 0.717) is 14.5 Å². The van der Waals surface area contributed by atoms with E-state index in [2.05, 4.69) is 15.9 Å². The summed E-state index contributed by atoms with van der Waals surface area (Å²) in [6.45, 7) is 3.82. The van der Waals surface area contributed by atoms with Gasteiger partial charge < -0.3 is 0 Å². The molecule has 0 fully saturated rings. The van der Waals surface area contributed by atoms with Gasteiger partial charge in [-0.3, -0.25) is 9.59 Å². The van der Waals surface area contributed by atoms with Crippen LogP contribution in [0.15, 0.2) is 15.9 Å². The second-order valence-electron chi connectivity index (χ2n) is 4.57. The summed E-state index contributed by atoms with van der Waals surface area (Å²) in [4.78, 5) is 25.4. The van der Waals surface area contributed by atoms with Crippen molar-refractivity contribution in [2.45, 2.75) is 26.7 Å². The van der Waals surface area contributed by atoms with Gasteiger partial charge in [0.2, 0.25) is 0 Å². The fourth-order valence-electron chi connectivity index (χ4n) is 1.70. The normalized spacial score (nSPS) is 10.8. The van der Waals surface area contributed by atoms with Crippen LogP contribution in [0.5, 0.6) is 0 Å². The second-order valence-corrected chi connectivity index (χ2v) is 8.03. The lowest BCUT2D eigenvalue weighted by atomic mass is 10.0. The number of carbonyl (C=O) groups is 2. The smallest absolute Gasteiger partial charge is 0.173 e. The first-order valence-electron chi connectivity index (χ1n) is 6.06. The molecule has 0 aromatic carbocycles. The highest BCUT2D eigenvalue weighted by Crippen LogP contribution is 2.28. The number of halogens is 1. The quantitative estimate of drug-likeness (QED) is 0.595. The van der Waals surface area contributed by atoms with Crippen LogP contribution in [0.25, 0.3) is 0 Å². The van der Waals surface area contributed by atoms with Crippen molar-refractivity contribution in [2.24, 2.45) is 0 Å². The maximum Gasteiger partial charge on any atom is 0.173 e. The Morgan fingerprint density at radius 1 is 1.05 bits per heavy atom. The summed E-state index contributed by atoms with van der Waals surface area (Å²) >= 11 is 6.10. The molecule has 0 bridgehead atoms. The number of thiophene rings is 2. The highest BCUT2D eigenvalue weighted by molar-refractivity contribution is 9.11. The van der Waals surface area contributed by atoms with Crippen molar-refractivity contribution in [1.82, 2.24) is 0 Å². The van der Waals surface area contributed by atoms with Crippen molar-refractivity contribution in [3.63, 3.8) is 0 Å². The minimum absolute atomic E-state index is 0.0124. The predicted octanol–water partition coefficient (Wildman–Crippen LogP) is 3.83. The van der Waals surface area contributed by atoms with Crippen LogP contribution in [0.2, 0.25) is 0 Å². The van der Waals surface area contributed by atoms with Crippen molar-refractivity contribution in [2.75, 3.05) is 0 Å². The number of hydrogen-bond acceptors (Lipinski definition) is 4. The van der Waals surface area contributed by atoms with E-state index in [1.54, 1.807) is 6.07 Å². The fourth-order valence-corrected chi connectivity index (χ4v) is 4.12. The lowest BCUT2D eigenvalue weighted by Gasteiger charge is -1.97. The Labute approximate surface area is 135 Å². The molecule has 0 amide bonds. The van der Waals surface area contributed by atoms with Gasteiger partial charge in [0.25, 0.3) is 0 Å². The van der Waals surface area contributed by atoms with Crippen LogP contribution in [0.4, 0.5) is 0 Å². The van der Waals surface area contributed by atoms with Crippen molar-refractivity contribution in [3.8, 4) is 0 Å². The fraction of sp³-hybridized carbons (Fsp3) is 0.286. The van der Waals surface area contributed by atoms with Gasteiger partial charge in [-0.05, 0) is 57.8 Å². The average Bonchev–Trinajstić information content (AvgIpc) is 2.91. The van der Waals surface area contributed by atoms with Crippen LogP contribution in [0.1, 0.15) is 43.3 Å². The molecule has 0 spiro atoms. The van der Waals surface area contributed by atoms with E-state index < -0.39 is 0 Å². The van der Waals surface area contributed by atoms with Crippen LogP contribution in [0.3, 0.4) is 0 Å². The molecule has 0 aliphatic rings. The van der Waals surface area contributed by atoms with Gasteiger partial charge in [-0.25, -0.2) is 0 Å². The molecule has 0 saturated heterocycles. The van der Waals surface area contributed by atoms with Crippen LogP contribution < -0.4 is 4.78 Å². The van der Waals surface area contributed by atoms with Gasteiger partial charge in [-0.15, -0.1) is 22.7 Å². The Morgan fingerprint density at radius 2 is 1.55 bits per heavy atom. The van der Waals surface area contributed by atoms with Gasteiger partial charge >= 0.3 is 0 Å². The highest BCUT2D eigenvalue weighted by atomic mass is 79.9. The van der Waals surface area contributed by atoms with Crippen molar-refractivity contribution < 1.29 is 9.59 Å². The number of hydrogen-bond donors (Lipinski definition) is 0. The van der Waals surface area contributed by atoms with Crippen molar-refractivity contribution >= 4 is 62.8 Å². The van der Waals surface area contributed by atoms with Gasteiger partial charge in [-0.2, -0.15) is 0 Å². The van der Waals surface area contributed by atoms with Gasteiger partial charge in [0.1, 0.15) is 7.85 Å². The van der Waals surface area contributed by atoms with Gasteiger partial charge in [0.15, 0.2) is 11.6 Å². The molecule has 0 atom stereocenters. The predicted molar refractivity (Wildman–Crippen MR) is 89.1 cm³/mol. The molecule has 0 N–H and O–H groups in total. The summed E-state index contributed by atoms with van der Waals surface area (Å²) in [5.41, 5.74) is 1.97. The highest BCUT2D eigenvalue weighted by Gasteiger charge is 2.15. The zero-order valence-electron chi connectivity index (χ0n) is 11.2.